The molecular weight excluding hydrogens is 241 g/mol. The van der Waals surface area contributed by atoms with Crippen molar-refractivity contribution in [2.45, 2.75) is 13.5 Å². The molecule has 2 aromatic carbocycles. The van der Waals surface area contributed by atoms with Crippen molar-refractivity contribution in [2.24, 2.45) is 0 Å². The van der Waals surface area contributed by atoms with Gasteiger partial charge in [-0.1, -0.05) is 18.2 Å². The van der Waals surface area contributed by atoms with Crippen LogP contribution in [0.3, 0.4) is 0 Å². The Balaban J connectivity index is 1.78. The highest BCUT2D eigenvalue weighted by Gasteiger charge is 2.03. The molecule has 1 N–H and O–H groups in total. The molecule has 1 aromatic heterocycles. The number of hydrogen-bond acceptors (Lipinski definition) is 2. The Morgan fingerprint density at radius 3 is 2.74 bits per heavy atom. The smallest absolute Gasteiger partial charge is 0.134 e. The highest BCUT2D eigenvalue weighted by atomic mass is 19.1. The van der Waals surface area contributed by atoms with Crippen LogP contribution in [-0.4, -0.2) is 0 Å². The minimum Gasteiger partial charge on any atom is -0.459 e. The van der Waals surface area contributed by atoms with E-state index in [1.165, 1.54) is 12.1 Å². The summed E-state index contributed by atoms with van der Waals surface area (Å²) in [4.78, 5) is 0. The van der Waals surface area contributed by atoms with Crippen LogP contribution in [0.4, 0.5) is 10.1 Å². The van der Waals surface area contributed by atoms with Crippen LogP contribution < -0.4 is 5.32 Å². The van der Waals surface area contributed by atoms with E-state index in [1.54, 1.807) is 0 Å². The minimum atomic E-state index is -0.230. The fourth-order valence-electron chi connectivity index (χ4n) is 2.15. The van der Waals surface area contributed by atoms with E-state index >= 15 is 0 Å². The maximum Gasteiger partial charge on any atom is 0.134 e. The number of rotatable bonds is 3. The zero-order valence-corrected chi connectivity index (χ0v) is 10.6. The number of benzene rings is 2. The van der Waals surface area contributed by atoms with Crippen LogP contribution >= 0.6 is 0 Å². The molecule has 1 heterocycles. The van der Waals surface area contributed by atoms with Gasteiger partial charge in [0, 0.05) is 11.1 Å². The molecule has 3 rings (SSSR count). The second kappa shape index (κ2) is 4.76. The van der Waals surface area contributed by atoms with Crippen molar-refractivity contribution in [3.63, 3.8) is 0 Å². The second-order valence-electron chi connectivity index (χ2n) is 4.62. The molecule has 0 fully saturated rings. The highest BCUT2D eigenvalue weighted by molar-refractivity contribution is 5.77. The van der Waals surface area contributed by atoms with Crippen molar-refractivity contribution in [3.8, 4) is 0 Å². The molecule has 0 amide bonds. The quantitative estimate of drug-likeness (QED) is 0.745. The summed E-state index contributed by atoms with van der Waals surface area (Å²) in [6.45, 7) is 2.41. The van der Waals surface area contributed by atoms with Crippen molar-refractivity contribution in [2.75, 3.05) is 5.32 Å². The Kier molecular flexibility index (Phi) is 2.95. The van der Waals surface area contributed by atoms with Gasteiger partial charge in [-0.2, -0.15) is 0 Å². The van der Waals surface area contributed by atoms with Crippen molar-refractivity contribution in [1.82, 2.24) is 0 Å². The summed E-state index contributed by atoms with van der Waals surface area (Å²) in [5.41, 5.74) is 2.53. The predicted octanol–water partition coefficient (Wildman–Crippen LogP) is 4.49. The van der Waals surface area contributed by atoms with Crippen LogP contribution in [0.25, 0.3) is 11.0 Å². The molecule has 0 bridgehead atoms. The molecule has 19 heavy (non-hydrogen) atoms. The van der Waals surface area contributed by atoms with Crippen LogP contribution in [0.1, 0.15) is 11.3 Å². The molecule has 0 spiro atoms. The fraction of sp³-hybridized carbons (Fsp3) is 0.125. The zero-order valence-electron chi connectivity index (χ0n) is 10.6. The summed E-state index contributed by atoms with van der Waals surface area (Å²) in [5.74, 6) is 0.607. The number of aryl methyl sites for hydroxylation is 1. The number of halogens is 1. The van der Waals surface area contributed by atoms with Gasteiger partial charge >= 0.3 is 0 Å². The Hall–Kier alpha value is -2.29. The summed E-state index contributed by atoms with van der Waals surface area (Å²) in [7, 11) is 0. The molecule has 0 radical (unpaired) electrons. The van der Waals surface area contributed by atoms with Crippen LogP contribution in [0, 0.1) is 12.7 Å². The van der Waals surface area contributed by atoms with E-state index in [9.17, 15) is 4.39 Å². The van der Waals surface area contributed by atoms with Gasteiger partial charge in [-0.15, -0.1) is 0 Å². The van der Waals surface area contributed by atoms with Crippen molar-refractivity contribution in [3.05, 3.63) is 65.7 Å². The van der Waals surface area contributed by atoms with E-state index in [-0.39, 0.29) is 5.82 Å². The monoisotopic (exact) mass is 255 g/mol. The summed E-state index contributed by atoms with van der Waals surface area (Å²) in [6, 6.07) is 14.8. The molecule has 96 valence electrons. The summed E-state index contributed by atoms with van der Waals surface area (Å²) in [6.07, 6.45) is 0. The van der Waals surface area contributed by atoms with Gasteiger partial charge in [0.15, 0.2) is 0 Å². The third-order valence-corrected chi connectivity index (χ3v) is 2.99. The Labute approximate surface area is 110 Å². The first-order valence-electron chi connectivity index (χ1n) is 6.19. The Morgan fingerprint density at radius 1 is 1.11 bits per heavy atom. The van der Waals surface area contributed by atoms with E-state index in [2.05, 4.69) is 5.32 Å². The third kappa shape index (κ3) is 2.60. The Morgan fingerprint density at radius 2 is 1.95 bits per heavy atom. The van der Waals surface area contributed by atoms with Gasteiger partial charge < -0.3 is 9.73 Å². The molecular formula is C16H14FNO. The predicted molar refractivity (Wildman–Crippen MR) is 74.7 cm³/mol. The van der Waals surface area contributed by atoms with Crippen molar-refractivity contribution < 1.29 is 8.81 Å². The molecule has 3 heteroatoms. The van der Waals surface area contributed by atoms with E-state index < -0.39 is 0 Å². The van der Waals surface area contributed by atoms with E-state index in [0.717, 1.165) is 28.0 Å². The van der Waals surface area contributed by atoms with Gasteiger partial charge in [0.2, 0.25) is 0 Å². The number of fused-ring (bicyclic) bond motifs is 1. The van der Waals surface area contributed by atoms with E-state index in [4.69, 9.17) is 4.42 Å². The van der Waals surface area contributed by atoms with Gasteiger partial charge in [0.05, 0.1) is 6.54 Å². The summed E-state index contributed by atoms with van der Waals surface area (Å²) < 4.78 is 19.0. The van der Waals surface area contributed by atoms with Crippen LogP contribution in [-0.2, 0) is 6.54 Å². The molecule has 0 aliphatic heterocycles. The normalized spacial score (nSPS) is 10.8. The van der Waals surface area contributed by atoms with Crippen LogP contribution in [0.15, 0.2) is 52.9 Å². The van der Waals surface area contributed by atoms with Crippen molar-refractivity contribution in [1.29, 1.82) is 0 Å². The first-order valence-corrected chi connectivity index (χ1v) is 6.19. The lowest BCUT2D eigenvalue weighted by Crippen LogP contribution is -1.98. The molecule has 0 atom stereocenters. The molecule has 0 unspecified atom stereocenters. The van der Waals surface area contributed by atoms with E-state index in [0.29, 0.717) is 6.54 Å². The summed E-state index contributed by atoms with van der Waals surface area (Å²) >= 11 is 0. The minimum absolute atomic E-state index is 0.230. The summed E-state index contributed by atoms with van der Waals surface area (Å²) in [5, 5.41) is 4.25. The van der Waals surface area contributed by atoms with Crippen molar-refractivity contribution >= 4 is 16.7 Å². The highest BCUT2D eigenvalue weighted by Crippen LogP contribution is 2.20. The molecule has 0 saturated carbocycles. The first-order chi connectivity index (χ1) is 9.20. The van der Waals surface area contributed by atoms with Crippen LogP contribution in [0.5, 0.6) is 0 Å². The maximum atomic E-state index is 13.3. The molecule has 3 aromatic rings. The molecule has 0 aliphatic rings. The SMILES string of the molecule is Cc1cc(F)cc(NCc2cc3ccccc3o2)c1. The lowest BCUT2D eigenvalue weighted by atomic mass is 10.2. The molecule has 2 nitrogen and oxygen atoms in total. The van der Waals surface area contributed by atoms with E-state index in [1.807, 2.05) is 43.3 Å². The number of anilines is 1. The van der Waals surface area contributed by atoms with Crippen LogP contribution in [0.2, 0.25) is 0 Å². The fourth-order valence-corrected chi connectivity index (χ4v) is 2.15. The molecule has 0 saturated heterocycles. The standard InChI is InChI=1S/C16H14FNO/c1-11-6-13(17)9-14(7-11)18-10-15-8-12-4-2-3-5-16(12)19-15/h2-9,18H,10H2,1H3. The first kappa shape index (κ1) is 11.8. The average molecular weight is 255 g/mol. The lowest BCUT2D eigenvalue weighted by molar-refractivity contribution is 0.559. The average Bonchev–Trinajstić information content (AvgIpc) is 2.78. The number of hydrogen-bond donors (Lipinski definition) is 1. The maximum absolute atomic E-state index is 13.3. The van der Waals surface area contributed by atoms with Gasteiger partial charge in [0.25, 0.3) is 0 Å². The Bertz CT molecular complexity index is 664. The van der Waals surface area contributed by atoms with Gasteiger partial charge in [-0.05, 0) is 42.8 Å². The zero-order chi connectivity index (χ0) is 13.2. The second-order valence-corrected chi connectivity index (χ2v) is 4.62. The largest absolute Gasteiger partial charge is 0.459 e. The number of nitrogens with one attached hydrogen (secondary N) is 1. The van der Waals surface area contributed by atoms with Gasteiger partial charge in [0.1, 0.15) is 17.2 Å². The van der Waals surface area contributed by atoms with Gasteiger partial charge in [-0.3, -0.25) is 0 Å². The number of furan rings is 1. The topological polar surface area (TPSA) is 25.2 Å². The number of para-hydroxylation sites is 1. The third-order valence-electron chi connectivity index (χ3n) is 2.99. The lowest BCUT2D eigenvalue weighted by Gasteiger charge is -2.05. The van der Waals surface area contributed by atoms with Gasteiger partial charge in [-0.25, -0.2) is 4.39 Å². The molecule has 0 aliphatic carbocycles.